The molecule has 2 aliphatic rings. The van der Waals surface area contributed by atoms with Gasteiger partial charge in [0.25, 0.3) is 0 Å². The van der Waals surface area contributed by atoms with Gasteiger partial charge in [-0.25, -0.2) is 9.18 Å². The van der Waals surface area contributed by atoms with Crippen LogP contribution in [-0.2, 0) is 19.2 Å². The minimum absolute atomic E-state index is 0.0872. The average Bonchev–Trinajstić information content (AvgIpc) is 3.03. The molecule has 7 heteroatoms. The third-order valence-corrected chi connectivity index (χ3v) is 3.71. The summed E-state index contributed by atoms with van der Waals surface area (Å²) in [7, 11) is 0. The summed E-state index contributed by atoms with van der Waals surface area (Å²) in [6.07, 6.45) is -0.351. The van der Waals surface area contributed by atoms with Crippen LogP contribution in [0.4, 0.5) is 4.39 Å². The molecule has 1 amide bonds. The van der Waals surface area contributed by atoms with Crippen LogP contribution in [0.15, 0.2) is 0 Å². The maximum Gasteiger partial charge on any atom is 0.373 e. The number of rotatable bonds is 3. The number of alkyl halides is 1. The van der Waals surface area contributed by atoms with E-state index in [1.54, 1.807) is 13.8 Å². The fourth-order valence-corrected chi connectivity index (χ4v) is 2.60. The second-order valence-electron chi connectivity index (χ2n) is 5.23. The molecule has 2 N–H and O–H groups in total. The summed E-state index contributed by atoms with van der Waals surface area (Å²) in [5.41, 5.74) is -1.36. The predicted molar refractivity (Wildman–Crippen MR) is 59.5 cm³/mol. The first-order valence-electron chi connectivity index (χ1n) is 5.99. The fourth-order valence-electron chi connectivity index (χ4n) is 2.60. The van der Waals surface area contributed by atoms with Crippen LogP contribution < -0.4 is 5.32 Å². The number of fused-ring (bicyclic) bond motifs is 1. The first-order valence-corrected chi connectivity index (χ1v) is 5.99. The highest BCUT2D eigenvalue weighted by Crippen LogP contribution is 2.58. The SMILES string of the molecule is CC(C)C(=O)N[C@@]1(C(=O)O)C[C@@H](F)[C@H]2C[C@H]21.O=C=O. The smallest absolute Gasteiger partial charge is 0.373 e. The van der Waals surface area contributed by atoms with Crippen LogP contribution in [0.3, 0.4) is 0 Å². The molecule has 0 spiro atoms. The van der Waals surface area contributed by atoms with Crippen LogP contribution in [-0.4, -0.2) is 34.8 Å². The normalized spacial score (nSPS) is 34.6. The fraction of sp³-hybridized carbons (Fsp3) is 0.750. The number of hydrogen-bond donors (Lipinski definition) is 2. The van der Waals surface area contributed by atoms with E-state index >= 15 is 0 Å². The Balaban J connectivity index is 0.000000550. The van der Waals surface area contributed by atoms with E-state index in [9.17, 15) is 19.1 Å². The number of carbonyl (C=O) groups excluding carboxylic acids is 3. The Morgan fingerprint density at radius 3 is 2.21 bits per heavy atom. The molecule has 0 saturated heterocycles. The Hall–Kier alpha value is -1.75. The number of carbonyl (C=O) groups is 2. The molecule has 19 heavy (non-hydrogen) atoms. The first kappa shape index (κ1) is 15.3. The Labute approximate surface area is 109 Å². The molecule has 0 aromatic heterocycles. The quantitative estimate of drug-likeness (QED) is 0.774. The molecule has 4 atom stereocenters. The molecule has 0 bridgehead atoms. The van der Waals surface area contributed by atoms with E-state index < -0.39 is 17.7 Å². The van der Waals surface area contributed by atoms with Crippen LogP contribution in [0, 0.1) is 17.8 Å². The molecule has 0 aromatic rings. The van der Waals surface area contributed by atoms with Crippen LogP contribution in [0.5, 0.6) is 0 Å². The topological polar surface area (TPSA) is 101 Å². The van der Waals surface area contributed by atoms with E-state index in [1.807, 2.05) is 0 Å². The standard InChI is InChI=1S/C11H16FNO3.CO2/c1-5(2)9(14)13-11(10(15)16)4-8(12)6-3-7(6)11;2-1-3/h5-8H,3-4H2,1-2H3,(H,13,14)(H,15,16);/t6-,7+,8+,11-;/m0./s1. The van der Waals surface area contributed by atoms with Crippen molar-refractivity contribution in [3.8, 4) is 0 Å². The molecule has 0 aliphatic heterocycles. The third kappa shape index (κ3) is 2.81. The largest absolute Gasteiger partial charge is 0.479 e. The van der Waals surface area contributed by atoms with E-state index in [4.69, 9.17) is 9.59 Å². The van der Waals surface area contributed by atoms with Gasteiger partial charge in [-0.05, 0) is 18.3 Å². The van der Waals surface area contributed by atoms with Crippen molar-refractivity contribution in [2.75, 3.05) is 0 Å². The molecule has 6 nitrogen and oxygen atoms in total. The summed E-state index contributed by atoms with van der Waals surface area (Å²) >= 11 is 0. The first-order chi connectivity index (χ1) is 8.80. The summed E-state index contributed by atoms with van der Waals surface area (Å²) < 4.78 is 13.5. The zero-order chi connectivity index (χ0) is 14.8. The molecule has 0 heterocycles. The van der Waals surface area contributed by atoms with Crippen molar-refractivity contribution in [3.63, 3.8) is 0 Å². The third-order valence-electron chi connectivity index (χ3n) is 3.71. The zero-order valence-corrected chi connectivity index (χ0v) is 10.7. The average molecular weight is 273 g/mol. The number of halogens is 1. The summed E-state index contributed by atoms with van der Waals surface area (Å²) in [6, 6.07) is 0. The number of carboxylic acid groups (broad SMARTS) is 1. The van der Waals surface area contributed by atoms with Gasteiger partial charge >= 0.3 is 12.1 Å². The number of carboxylic acids is 1. The highest BCUT2D eigenvalue weighted by atomic mass is 19.1. The lowest BCUT2D eigenvalue weighted by atomic mass is 9.92. The Kier molecular flexibility index (Phi) is 4.42. The molecule has 2 saturated carbocycles. The zero-order valence-electron chi connectivity index (χ0n) is 10.7. The summed E-state index contributed by atoms with van der Waals surface area (Å²) in [5, 5.41) is 11.8. The van der Waals surface area contributed by atoms with Gasteiger partial charge < -0.3 is 10.4 Å². The van der Waals surface area contributed by atoms with Crippen molar-refractivity contribution in [3.05, 3.63) is 0 Å². The van der Waals surface area contributed by atoms with Crippen LogP contribution in [0.2, 0.25) is 0 Å². The lowest BCUT2D eigenvalue weighted by Gasteiger charge is -2.28. The summed E-state index contributed by atoms with van der Waals surface area (Å²) in [6.45, 7) is 3.38. The maximum absolute atomic E-state index is 13.5. The van der Waals surface area contributed by atoms with Gasteiger partial charge in [0.2, 0.25) is 5.91 Å². The lowest BCUT2D eigenvalue weighted by Crippen LogP contribution is -2.56. The van der Waals surface area contributed by atoms with Gasteiger partial charge in [0.05, 0.1) is 0 Å². The number of aliphatic carboxylic acids is 1. The van der Waals surface area contributed by atoms with Crippen molar-refractivity contribution >= 4 is 18.0 Å². The molecule has 0 unspecified atom stereocenters. The van der Waals surface area contributed by atoms with Crippen molar-refractivity contribution in [1.29, 1.82) is 0 Å². The maximum atomic E-state index is 13.5. The van der Waals surface area contributed by atoms with Crippen LogP contribution in [0.1, 0.15) is 26.7 Å². The Morgan fingerprint density at radius 2 is 1.95 bits per heavy atom. The molecule has 0 aromatic carbocycles. The number of hydrogen-bond acceptors (Lipinski definition) is 4. The molecular formula is C12H16FNO5. The monoisotopic (exact) mass is 273 g/mol. The molecule has 0 radical (unpaired) electrons. The number of nitrogens with one attached hydrogen (secondary N) is 1. The van der Waals surface area contributed by atoms with E-state index in [1.165, 1.54) is 0 Å². The van der Waals surface area contributed by atoms with Gasteiger partial charge in [-0.15, -0.1) is 0 Å². The van der Waals surface area contributed by atoms with E-state index in [0.29, 0.717) is 6.42 Å². The Morgan fingerprint density at radius 1 is 1.42 bits per heavy atom. The lowest BCUT2D eigenvalue weighted by molar-refractivity contribution is -0.191. The van der Waals surface area contributed by atoms with Crippen molar-refractivity contribution in [2.24, 2.45) is 17.8 Å². The van der Waals surface area contributed by atoms with Gasteiger partial charge in [0.15, 0.2) is 0 Å². The van der Waals surface area contributed by atoms with Crippen molar-refractivity contribution in [2.45, 2.75) is 38.4 Å². The molecule has 2 aliphatic carbocycles. The number of amides is 1. The molecule has 106 valence electrons. The van der Waals surface area contributed by atoms with E-state index in [0.717, 1.165) is 0 Å². The predicted octanol–water partition coefficient (Wildman–Crippen LogP) is 0.376. The van der Waals surface area contributed by atoms with Gasteiger partial charge in [-0.3, -0.25) is 4.79 Å². The van der Waals surface area contributed by atoms with Crippen molar-refractivity contribution < 1.29 is 28.7 Å². The summed E-state index contributed by atoms with van der Waals surface area (Å²) in [5.74, 6) is -2.09. The second kappa shape index (κ2) is 5.48. The highest BCUT2D eigenvalue weighted by Gasteiger charge is 2.67. The molecule has 2 fully saturated rings. The van der Waals surface area contributed by atoms with Gasteiger partial charge in [0, 0.05) is 12.3 Å². The van der Waals surface area contributed by atoms with Crippen molar-refractivity contribution in [1.82, 2.24) is 5.32 Å². The minimum Gasteiger partial charge on any atom is -0.479 e. The molecular weight excluding hydrogens is 257 g/mol. The van der Waals surface area contributed by atoms with Crippen LogP contribution >= 0.6 is 0 Å². The summed E-state index contributed by atoms with van der Waals surface area (Å²) in [4.78, 5) is 39.1. The Bertz CT molecular complexity index is 418. The van der Waals surface area contributed by atoms with E-state index in [2.05, 4.69) is 5.32 Å². The van der Waals surface area contributed by atoms with Gasteiger partial charge in [-0.1, -0.05) is 13.8 Å². The molecule has 2 rings (SSSR count). The van der Waals surface area contributed by atoms with E-state index in [-0.39, 0.29) is 36.2 Å². The second-order valence-corrected chi connectivity index (χ2v) is 5.23. The minimum atomic E-state index is -1.36. The van der Waals surface area contributed by atoms with Gasteiger partial charge in [0.1, 0.15) is 11.7 Å². The van der Waals surface area contributed by atoms with Crippen LogP contribution in [0.25, 0.3) is 0 Å². The van der Waals surface area contributed by atoms with Gasteiger partial charge in [-0.2, -0.15) is 9.59 Å². The highest BCUT2D eigenvalue weighted by molar-refractivity contribution is 5.89.